The minimum atomic E-state index is -3.69. The summed E-state index contributed by atoms with van der Waals surface area (Å²) in [4.78, 5) is 12.6. The minimum Gasteiger partial charge on any atom is -0.325 e. The van der Waals surface area contributed by atoms with Gasteiger partial charge in [0.15, 0.2) is 0 Å². The molecule has 0 radical (unpaired) electrons. The van der Waals surface area contributed by atoms with Crippen molar-refractivity contribution in [1.29, 1.82) is 0 Å². The van der Waals surface area contributed by atoms with E-state index in [0.717, 1.165) is 16.9 Å². The normalized spacial score (nSPS) is 12.2. The van der Waals surface area contributed by atoms with Gasteiger partial charge in [-0.25, -0.2) is 8.42 Å². The van der Waals surface area contributed by atoms with E-state index in [0.29, 0.717) is 11.4 Å². The van der Waals surface area contributed by atoms with Crippen molar-refractivity contribution in [2.45, 2.75) is 29.7 Å². The molecule has 0 saturated carbocycles. The van der Waals surface area contributed by atoms with E-state index in [1.54, 1.807) is 36.0 Å². The number of rotatable bonds is 8. The second kappa shape index (κ2) is 9.82. The summed E-state index contributed by atoms with van der Waals surface area (Å²) in [6, 6.07) is 23.2. The molecule has 30 heavy (non-hydrogen) atoms. The van der Waals surface area contributed by atoms with Crippen molar-refractivity contribution in [3.8, 4) is 0 Å². The SMILES string of the molecule is Cc1ccc(NS(=O)(=O)c2ccc(NC(=O)[C@@H](C)SCc3ccccc3)cc2)cc1. The second-order valence-corrected chi connectivity index (χ2v) is 9.94. The molecule has 0 saturated heterocycles. The smallest absolute Gasteiger partial charge is 0.261 e. The summed E-state index contributed by atoms with van der Waals surface area (Å²) in [5.41, 5.74) is 3.27. The number of carbonyl (C=O) groups is 1. The van der Waals surface area contributed by atoms with E-state index in [9.17, 15) is 13.2 Å². The summed E-state index contributed by atoms with van der Waals surface area (Å²) < 4.78 is 27.6. The molecule has 0 fully saturated rings. The van der Waals surface area contributed by atoms with Gasteiger partial charge in [0.2, 0.25) is 5.91 Å². The zero-order valence-electron chi connectivity index (χ0n) is 16.8. The van der Waals surface area contributed by atoms with Gasteiger partial charge in [-0.3, -0.25) is 9.52 Å². The lowest BCUT2D eigenvalue weighted by Gasteiger charge is -2.13. The summed E-state index contributed by atoms with van der Waals surface area (Å²) in [7, 11) is -3.69. The molecule has 156 valence electrons. The fraction of sp³-hybridized carbons (Fsp3) is 0.174. The monoisotopic (exact) mass is 440 g/mol. The first-order valence-corrected chi connectivity index (χ1v) is 12.0. The number of amides is 1. The van der Waals surface area contributed by atoms with Crippen molar-refractivity contribution >= 4 is 39.1 Å². The Kier molecular flexibility index (Phi) is 7.18. The van der Waals surface area contributed by atoms with Gasteiger partial charge in [-0.05, 0) is 55.8 Å². The number of benzene rings is 3. The number of hydrogen-bond acceptors (Lipinski definition) is 4. The molecular formula is C23H24N2O3S2. The highest BCUT2D eigenvalue weighted by Gasteiger charge is 2.16. The Bertz CT molecular complexity index is 1080. The first-order chi connectivity index (χ1) is 14.3. The molecule has 0 aliphatic rings. The molecule has 3 aromatic carbocycles. The molecule has 0 heterocycles. The maximum absolute atomic E-state index is 12.5. The van der Waals surface area contributed by atoms with Crippen LogP contribution in [0.1, 0.15) is 18.1 Å². The molecule has 7 heteroatoms. The largest absolute Gasteiger partial charge is 0.325 e. The van der Waals surface area contributed by atoms with Gasteiger partial charge < -0.3 is 5.32 Å². The second-order valence-electron chi connectivity index (χ2n) is 6.92. The number of nitrogens with one attached hydrogen (secondary N) is 2. The zero-order chi connectivity index (χ0) is 21.6. The summed E-state index contributed by atoms with van der Waals surface area (Å²) in [6.07, 6.45) is 0. The third-order valence-corrected chi connectivity index (χ3v) is 7.06. The van der Waals surface area contributed by atoms with Gasteiger partial charge in [0.05, 0.1) is 10.1 Å². The highest BCUT2D eigenvalue weighted by atomic mass is 32.2. The highest BCUT2D eigenvalue weighted by Crippen LogP contribution is 2.21. The molecule has 0 aliphatic carbocycles. The van der Waals surface area contributed by atoms with Crippen LogP contribution >= 0.6 is 11.8 Å². The number of aryl methyl sites for hydroxylation is 1. The first-order valence-electron chi connectivity index (χ1n) is 9.49. The maximum atomic E-state index is 12.5. The van der Waals surface area contributed by atoms with Crippen molar-refractivity contribution in [3.05, 3.63) is 90.0 Å². The van der Waals surface area contributed by atoms with Crippen LogP contribution in [0.3, 0.4) is 0 Å². The van der Waals surface area contributed by atoms with E-state index in [1.807, 2.05) is 56.3 Å². The van der Waals surface area contributed by atoms with Gasteiger partial charge >= 0.3 is 0 Å². The molecule has 3 rings (SSSR count). The van der Waals surface area contributed by atoms with Crippen molar-refractivity contribution in [3.63, 3.8) is 0 Å². The predicted octanol–water partition coefficient (Wildman–Crippen LogP) is 5.06. The minimum absolute atomic E-state index is 0.121. The van der Waals surface area contributed by atoms with Gasteiger partial charge in [0.1, 0.15) is 0 Å². The van der Waals surface area contributed by atoms with Gasteiger partial charge in [-0.2, -0.15) is 0 Å². The molecule has 0 unspecified atom stereocenters. The number of hydrogen-bond donors (Lipinski definition) is 2. The van der Waals surface area contributed by atoms with Crippen molar-refractivity contribution in [1.82, 2.24) is 0 Å². The summed E-state index contributed by atoms with van der Waals surface area (Å²) in [5, 5.41) is 2.60. The van der Waals surface area contributed by atoms with Crippen LogP contribution in [0.4, 0.5) is 11.4 Å². The Morgan fingerprint density at radius 3 is 2.13 bits per heavy atom. The fourth-order valence-corrected chi connectivity index (χ4v) is 4.57. The van der Waals surface area contributed by atoms with E-state index in [4.69, 9.17) is 0 Å². The third kappa shape index (κ3) is 6.11. The Morgan fingerprint density at radius 1 is 0.900 bits per heavy atom. The molecule has 5 nitrogen and oxygen atoms in total. The molecule has 1 amide bonds. The van der Waals surface area contributed by atoms with Crippen LogP contribution in [0.5, 0.6) is 0 Å². The third-order valence-electron chi connectivity index (χ3n) is 4.45. The quantitative estimate of drug-likeness (QED) is 0.514. The Morgan fingerprint density at radius 2 is 1.50 bits per heavy atom. The molecule has 0 bridgehead atoms. The lowest BCUT2D eigenvalue weighted by atomic mass is 10.2. The standard InChI is InChI=1S/C23H24N2O3S2/c1-17-8-10-21(11-9-17)25-30(27,28)22-14-12-20(13-15-22)24-23(26)18(2)29-16-19-6-4-3-5-7-19/h3-15,18,25H,16H2,1-2H3,(H,24,26)/t18-/m1/s1. The topological polar surface area (TPSA) is 75.3 Å². The summed E-state index contributed by atoms with van der Waals surface area (Å²) in [6.45, 7) is 3.79. The van der Waals surface area contributed by atoms with Crippen LogP contribution < -0.4 is 10.0 Å². The van der Waals surface area contributed by atoms with Crippen molar-refractivity contribution in [2.75, 3.05) is 10.0 Å². The van der Waals surface area contributed by atoms with E-state index < -0.39 is 10.0 Å². The van der Waals surface area contributed by atoms with Crippen LogP contribution in [0.2, 0.25) is 0 Å². The Hall–Kier alpha value is -2.77. The van der Waals surface area contributed by atoms with E-state index in [2.05, 4.69) is 10.0 Å². The molecular weight excluding hydrogens is 416 g/mol. The summed E-state index contributed by atoms with van der Waals surface area (Å²) in [5.74, 6) is 0.626. The fourth-order valence-electron chi connectivity index (χ4n) is 2.67. The van der Waals surface area contributed by atoms with Crippen LogP contribution in [0.15, 0.2) is 83.8 Å². The number of sulfonamides is 1. The van der Waals surface area contributed by atoms with Gasteiger partial charge in [0.25, 0.3) is 10.0 Å². The van der Waals surface area contributed by atoms with Crippen molar-refractivity contribution in [2.24, 2.45) is 0 Å². The molecule has 1 atom stereocenters. The molecule has 3 aromatic rings. The molecule has 0 aromatic heterocycles. The lowest BCUT2D eigenvalue weighted by molar-refractivity contribution is -0.115. The Balaban J connectivity index is 1.57. The van der Waals surface area contributed by atoms with Crippen molar-refractivity contribution < 1.29 is 13.2 Å². The molecule has 0 spiro atoms. The summed E-state index contributed by atoms with van der Waals surface area (Å²) >= 11 is 1.55. The predicted molar refractivity (Wildman–Crippen MR) is 124 cm³/mol. The molecule has 0 aliphatic heterocycles. The Labute approximate surface area is 182 Å². The number of anilines is 2. The zero-order valence-corrected chi connectivity index (χ0v) is 18.5. The van der Waals surface area contributed by atoms with E-state index >= 15 is 0 Å². The lowest BCUT2D eigenvalue weighted by Crippen LogP contribution is -2.22. The van der Waals surface area contributed by atoms with Gasteiger partial charge in [-0.15, -0.1) is 11.8 Å². The van der Waals surface area contributed by atoms with Crippen LogP contribution in [-0.2, 0) is 20.6 Å². The van der Waals surface area contributed by atoms with Gasteiger partial charge in [-0.1, -0.05) is 48.0 Å². The van der Waals surface area contributed by atoms with Crippen LogP contribution in [0, 0.1) is 6.92 Å². The van der Waals surface area contributed by atoms with Crippen LogP contribution in [0.25, 0.3) is 0 Å². The van der Waals surface area contributed by atoms with Crippen LogP contribution in [-0.4, -0.2) is 19.6 Å². The van der Waals surface area contributed by atoms with Gasteiger partial charge in [0, 0.05) is 17.1 Å². The maximum Gasteiger partial charge on any atom is 0.261 e. The average Bonchev–Trinajstić information content (AvgIpc) is 2.74. The van der Waals surface area contributed by atoms with E-state index in [-0.39, 0.29) is 16.1 Å². The first kappa shape index (κ1) is 21.9. The number of carbonyl (C=O) groups excluding carboxylic acids is 1. The van der Waals surface area contributed by atoms with E-state index in [1.165, 1.54) is 12.1 Å². The number of thioether (sulfide) groups is 1. The highest BCUT2D eigenvalue weighted by molar-refractivity contribution is 7.99. The molecule has 2 N–H and O–H groups in total. The average molecular weight is 441 g/mol.